The highest BCUT2D eigenvalue weighted by molar-refractivity contribution is 6.02. The van der Waals surface area contributed by atoms with Crippen LogP contribution in [0, 0.1) is 0 Å². The van der Waals surface area contributed by atoms with Gasteiger partial charge in [0.25, 0.3) is 0 Å². The lowest BCUT2D eigenvalue weighted by Crippen LogP contribution is -2.51. The molecule has 2 rings (SSSR count). The van der Waals surface area contributed by atoms with Crippen molar-refractivity contribution in [2.24, 2.45) is 0 Å². The average molecular weight is 388 g/mol. The fraction of sp³-hybridized carbons (Fsp3) is 0.500. The number of hydrogen-bond donors (Lipinski definition) is 1. The Balaban J connectivity index is 2.38. The fourth-order valence-electron chi connectivity index (χ4n) is 3.41. The molecular formula is C20H28N4O4. The van der Waals surface area contributed by atoms with Gasteiger partial charge in [0.1, 0.15) is 12.3 Å². The van der Waals surface area contributed by atoms with Gasteiger partial charge in [-0.3, -0.25) is 19.7 Å². The Bertz CT molecular complexity index is 737. The van der Waals surface area contributed by atoms with E-state index in [-0.39, 0.29) is 18.2 Å². The fourth-order valence-corrected chi connectivity index (χ4v) is 3.41. The van der Waals surface area contributed by atoms with E-state index in [1.165, 1.54) is 4.90 Å². The van der Waals surface area contributed by atoms with Crippen LogP contribution in [0.3, 0.4) is 0 Å². The number of rotatable bonds is 10. The van der Waals surface area contributed by atoms with Crippen molar-refractivity contribution in [2.45, 2.75) is 38.6 Å². The van der Waals surface area contributed by atoms with Crippen molar-refractivity contribution < 1.29 is 19.2 Å². The summed E-state index contributed by atoms with van der Waals surface area (Å²) in [7, 11) is 3.44. The molecule has 8 nitrogen and oxygen atoms in total. The summed E-state index contributed by atoms with van der Waals surface area (Å²) in [5.74, 6) is -0.596. The van der Waals surface area contributed by atoms with Crippen LogP contribution in [0.25, 0.3) is 0 Å². The van der Waals surface area contributed by atoms with Gasteiger partial charge in [-0.15, -0.1) is 0 Å². The Morgan fingerprint density at radius 3 is 2.50 bits per heavy atom. The Hall–Kier alpha value is -2.90. The summed E-state index contributed by atoms with van der Waals surface area (Å²) in [6, 6.07) is 5.22. The number of aldehydes is 1. The summed E-state index contributed by atoms with van der Waals surface area (Å²) in [6.45, 7) is 3.46. The summed E-state index contributed by atoms with van der Waals surface area (Å²) in [5.41, 5.74) is 2.29. The van der Waals surface area contributed by atoms with Crippen molar-refractivity contribution in [3.8, 4) is 0 Å². The molecule has 1 aromatic carbocycles. The molecule has 8 heteroatoms. The second-order valence-electron chi connectivity index (χ2n) is 6.91. The van der Waals surface area contributed by atoms with Crippen LogP contribution in [0.1, 0.15) is 32.6 Å². The Morgan fingerprint density at radius 1 is 1.14 bits per heavy atom. The van der Waals surface area contributed by atoms with E-state index in [0.29, 0.717) is 25.1 Å². The molecule has 0 radical (unpaired) electrons. The van der Waals surface area contributed by atoms with Gasteiger partial charge in [-0.2, -0.15) is 0 Å². The zero-order valence-corrected chi connectivity index (χ0v) is 16.7. The lowest BCUT2D eigenvalue weighted by molar-refractivity contribution is -0.134. The van der Waals surface area contributed by atoms with Gasteiger partial charge in [-0.05, 0) is 31.0 Å². The van der Waals surface area contributed by atoms with Crippen LogP contribution in [0.2, 0.25) is 0 Å². The molecular weight excluding hydrogens is 360 g/mol. The number of hydrogen-bond acceptors (Lipinski definition) is 6. The molecule has 1 aliphatic rings. The van der Waals surface area contributed by atoms with Gasteiger partial charge in [0.2, 0.25) is 18.2 Å². The molecule has 1 aliphatic heterocycles. The molecule has 1 unspecified atom stereocenters. The molecule has 3 amide bonds. The molecule has 0 saturated carbocycles. The van der Waals surface area contributed by atoms with Crippen LogP contribution < -0.4 is 20.0 Å². The third kappa shape index (κ3) is 4.88. The van der Waals surface area contributed by atoms with Crippen LogP contribution in [-0.4, -0.2) is 57.7 Å². The molecule has 152 valence electrons. The van der Waals surface area contributed by atoms with Gasteiger partial charge in [-0.25, -0.2) is 0 Å². The second-order valence-corrected chi connectivity index (χ2v) is 6.91. The van der Waals surface area contributed by atoms with Gasteiger partial charge >= 0.3 is 0 Å². The van der Waals surface area contributed by atoms with Crippen LogP contribution in [0.4, 0.5) is 17.1 Å². The number of likely N-dealkylation sites (N-methyl/N-ethyl adjacent to an activating group) is 1. The lowest BCUT2D eigenvalue weighted by atomic mass is 10.0. The summed E-state index contributed by atoms with van der Waals surface area (Å²) in [5, 5.41) is 2.37. The Kier molecular flexibility index (Phi) is 7.54. The normalized spacial score (nSPS) is 16.3. The van der Waals surface area contributed by atoms with E-state index in [0.717, 1.165) is 37.0 Å². The number of piperidine rings is 1. The number of benzene rings is 1. The maximum absolute atomic E-state index is 12.3. The standard InChI is InChI=1S/C20H28N4O4/c1-4-10-24(11-5-12-25)15-6-7-16(18(13-15)22(2)14-26)23(3)17-8-9-19(27)21-20(17)28/h6-7,12-14,17H,4-5,8-11H2,1-3H3,(H,21,27,28). The van der Waals surface area contributed by atoms with Crippen molar-refractivity contribution in [2.75, 3.05) is 41.9 Å². The predicted molar refractivity (Wildman–Crippen MR) is 109 cm³/mol. The quantitative estimate of drug-likeness (QED) is 0.480. The number of nitrogens with one attached hydrogen (secondary N) is 1. The number of carbonyl (C=O) groups is 4. The van der Waals surface area contributed by atoms with E-state index in [1.807, 2.05) is 18.2 Å². The lowest BCUT2D eigenvalue weighted by Gasteiger charge is -2.34. The predicted octanol–water partition coefficient (Wildman–Crippen LogP) is 1.33. The topological polar surface area (TPSA) is 90.0 Å². The average Bonchev–Trinajstić information content (AvgIpc) is 2.69. The second kappa shape index (κ2) is 9.87. The van der Waals surface area contributed by atoms with E-state index in [2.05, 4.69) is 17.1 Å². The molecule has 1 heterocycles. The molecule has 1 fully saturated rings. The zero-order valence-electron chi connectivity index (χ0n) is 16.7. The van der Waals surface area contributed by atoms with Crippen molar-refractivity contribution in [3.05, 3.63) is 18.2 Å². The first-order valence-electron chi connectivity index (χ1n) is 9.50. The molecule has 0 aromatic heterocycles. The number of amides is 3. The van der Waals surface area contributed by atoms with Crippen molar-refractivity contribution in [1.29, 1.82) is 0 Å². The van der Waals surface area contributed by atoms with Gasteiger partial charge < -0.3 is 19.5 Å². The minimum absolute atomic E-state index is 0.263. The molecule has 0 bridgehead atoms. The Morgan fingerprint density at radius 2 is 1.89 bits per heavy atom. The van der Waals surface area contributed by atoms with Gasteiger partial charge in [-0.1, -0.05) is 6.92 Å². The number of nitrogens with zero attached hydrogens (tertiary/aromatic N) is 3. The minimum Gasteiger partial charge on any atom is -0.371 e. The van der Waals surface area contributed by atoms with Crippen LogP contribution >= 0.6 is 0 Å². The van der Waals surface area contributed by atoms with Crippen molar-refractivity contribution in [3.63, 3.8) is 0 Å². The van der Waals surface area contributed by atoms with Crippen LogP contribution in [-0.2, 0) is 19.2 Å². The summed E-state index contributed by atoms with van der Waals surface area (Å²) < 4.78 is 0. The molecule has 1 atom stereocenters. The zero-order chi connectivity index (χ0) is 20.7. The van der Waals surface area contributed by atoms with Crippen molar-refractivity contribution >= 4 is 41.6 Å². The van der Waals surface area contributed by atoms with Crippen LogP contribution in [0.15, 0.2) is 18.2 Å². The first-order valence-corrected chi connectivity index (χ1v) is 9.50. The van der Waals surface area contributed by atoms with Crippen LogP contribution in [0.5, 0.6) is 0 Å². The molecule has 0 spiro atoms. The van der Waals surface area contributed by atoms with E-state index in [4.69, 9.17) is 0 Å². The highest BCUT2D eigenvalue weighted by Crippen LogP contribution is 2.34. The maximum Gasteiger partial charge on any atom is 0.249 e. The highest BCUT2D eigenvalue weighted by Gasteiger charge is 2.31. The first kappa shape index (κ1) is 21.4. The van der Waals surface area contributed by atoms with E-state index in [1.54, 1.807) is 19.0 Å². The first-order chi connectivity index (χ1) is 13.4. The van der Waals surface area contributed by atoms with Gasteiger partial charge in [0.15, 0.2) is 0 Å². The third-order valence-electron chi connectivity index (χ3n) is 4.93. The van der Waals surface area contributed by atoms with E-state index >= 15 is 0 Å². The molecule has 1 N–H and O–H groups in total. The van der Waals surface area contributed by atoms with Gasteiger partial charge in [0, 0.05) is 45.7 Å². The third-order valence-corrected chi connectivity index (χ3v) is 4.93. The maximum atomic E-state index is 12.3. The monoisotopic (exact) mass is 388 g/mol. The van der Waals surface area contributed by atoms with E-state index in [9.17, 15) is 19.2 Å². The number of carbonyl (C=O) groups excluding carboxylic acids is 4. The largest absolute Gasteiger partial charge is 0.371 e. The SMILES string of the molecule is CCCN(CCC=O)c1ccc(N(C)C2CCC(=O)NC2=O)c(N(C)C=O)c1. The Labute approximate surface area is 165 Å². The summed E-state index contributed by atoms with van der Waals surface area (Å²) >= 11 is 0. The van der Waals surface area contributed by atoms with Gasteiger partial charge in [0.05, 0.1) is 11.4 Å². The summed E-state index contributed by atoms with van der Waals surface area (Å²) in [4.78, 5) is 51.3. The van der Waals surface area contributed by atoms with Crippen molar-refractivity contribution in [1.82, 2.24) is 5.32 Å². The van der Waals surface area contributed by atoms with E-state index < -0.39 is 6.04 Å². The molecule has 28 heavy (non-hydrogen) atoms. The number of anilines is 3. The minimum atomic E-state index is -0.482. The highest BCUT2D eigenvalue weighted by atomic mass is 16.2. The molecule has 0 aliphatic carbocycles. The smallest absolute Gasteiger partial charge is 0.249 e. The summed E-state index contributed by atoms with van der Waals surface area (Å²) in [6.07, 6.45) is 3.68. The number of imide groups is 1. The molecule has 1 aromatic rings. The molecule has 1 saturated heterocycles.